The monoisotopic (exact) mass is 400 g/mol. The number of nitro groups is 1. The molecule has 0 aliphatic rings. The number of amides is 1. The largest absolute Gasteiger partial charge is 0.452 e. The molecular formula is C16H11F3N2O5S. The summed E-state index contributed by atoms with van der Waals surface area (Å²) in [7, 11) is 0. The van der Waals surface area contributed by atoms with Crippen molar-refractivity contribution in [2.24, 2.45) is 0 Å². The summed E-state index contributed by atoms with van der Waals surface area (Å²) in [5.74, 6) is -1.76. The van der Waals surface area contributed by atoms with E-state index in [1.54, 1.807) is 16.8 Å². The molecule has 2 rings (SSSR count). The molecule has 11 heteroatoms. The van der Waals surface area contributed by atoms with E-state index in [1.165, 1.54) is 17.4 Å². The molecule has 0 aliphatic heterocycles. The van der Waals surface area contributed by atoms with Crippen LogP contribution in [-0.4, -0.2) is 23.4 Å². The van der Waals surface area contributed by atoms with E-state index in [0.29, 0.717) is 12.1 Å². The van der Waals surface area contributed by atoms with Crippen molar-refractivity contribution in [3.8, 4) is 0 Å². The lowest BCUT2D eigenvalue weighted by Gasteiger charge is -2.10. The minimum atomic E-state index is -4.77. The maximum Gasteiger partial charge on any atom is 0.416 e. The van der Waals surface area contributed by atoms with Crippen molar-refractivity contribution in [3.05, 3.63) is 62.3 Å². The van der Waals surface area contributed by atoms with Crippen molar-refractivity contribution in [1.82, 2.24) is 0 Å². The fourth-order valence-corrected chi connectivity index (χ4v) is 2.50. The molecule has 2 aromatic rings. The number of rotatable bonds is 6. The van der Waals surface area contributed by atoms with Crippen LogP contribution >= 0.6 is 11.3 Å². The number of alkyl halides is 3. The summed E-state index contributed by atoms with van der Waals surface area (Å²) >= 11 is 1.42. The van der Waals surface area contributed by atoms with Crippen LogP contribution in [0.3, 0.4) is 0 Å². The van der Waals surface area contributed by atoms with Crippen LogP contribution in [0.15, 0.2) is 41.1 Å². The summed E-state index contributed by atoms with van der Waals surface area (Å²) in [6.45, 7) is -0.759. The molecule has 0 radical (unpaired) electrons. The predicted molar refractivity (Wildman–Crippen MR) is 91.0 cm³/mol. The molecule has 0 unspecified atom stereocenters. The second-order valence-electron chi connectivity index (χ2n) is 5.03. The number of nitrogens with zero attached hydrogens (tertiary/aromatic N) is 1. The van der Waals surface area contributed by atoms with E-state index in [4.69, 9.17) is 0 Å². The smallest absolute Gasteiger partial charge is 0.416 e. The number of hydrogen-bond acceptors (Lipinski definition) is 6. The van der Waals surface area contributed by atoms with E-state index in [2.05, 4.69) is 4.74 Å². The van der Waals surface area contributed by atoms with Crippen molar-refractivity contribution in [2.45, 2.75) is 6.18 Å². The van der Waals surface area contributed by atoms with Gasteiger partial charge in [-0.3, -0.25) is 14.9 Å². The fraction of sp³-hybridized carbons (Fsp3) is 0.125. The summed E-state index contributed by atoms with van der Waals surface area (Å²) in [6.07, 6.45) is -2.20. The SMILES string of the molecule is O=C(COC(=O)/C=C/c1ccsc1)Nc1ccc(C(F)(F)F)cc1[N+](=O)[O-]. The highest BCUT2D eigenvalue weighted by Crippen LogP contribution is 2.34. The van der Waals surface area contributed by atoms with Gasteiger partial charge in [-0.15, -0.1) is 0 Å². The molecular weight excluding hydrogens is 389 g/mol. The van der Waals surface area contributed by atoms with E-state index in [0.717, 1.165) is 17.7 Å². The normalized spacial score (nSPS) is 11.4. The van der Waals surface area contributed by atoms with Crippen LogP contribution in [0.1, 0.15) is 11.1 Å². The molecule has 0 aliphatic carbocycles. The van der Waals surface area contributed by atoms with Crippen LogP contribution in [-0.2, 0) is 20.5 Å². The third-order valence-corrected chi connectivity index (χ3v) is 3.80. The number of nitrogens with one attached hydrogen (secondary N) is 1. The first-order chi connectivity index (χ1) is 12.7. The van der Waals surface area contributed by atoms with Gasteiger partial charge < -0.3 is 10.1 Å². The van der Waals surface area contributed by atoms with Crippen LogP contribution in [0.2, 0.25) is 0 Å². The lowest BCUT2D eigenvalue weighted by atomic mass is 10.1. The maximum atomic E-state index is 12.6. The van der Waals surface area contributed by atoms with Crippen molar-refractivity contribution in [2.75, 3.05) is 11.9 Å². The topological polar surface area (TPSA) is 98.5 Å². The van der Waals surface area contributed by atoms with Crippen molar-refractivity contribution >= 4 is 40.7 Å². The lowest BCUT2D eigenvalue weighted by Crippen LogP contribution is -2.21. The van der Waals surface area contributed by atoms with Gasteiger partial charge in [0.1, 0.15) is 5.69 Å². The number of thiophene rings is 1. The summed E-state index contributed by atoms with van der Waals surface area (Å²) in [5, 5.41) is 16.6. The van der Waals surface area contributed by atoms with Gasteiger partial charge in [0, 0.05) is 12.1 Å². The van der Waals surface area contributed by atoms with E-state index >= 15 is 0 Å². The third kappa shape index (κ3) is 5.92. The van der Waals surface area contributed by atoms with E-state index < -0.39 is 46.5 Å². The Morgan fingerprint density at radius 2 is 2.04 bits per heavy atom. The van der Waals surface area contributed by atoms with Gasteiger partial charge in [-0.25, -0.2) is 4.79 Å². The highest BCUT2D eigenvalue weighted by Gasteiger charge is 2.33. The minimum absolute atomic E-state index is 0.311. The quantitative estimate of drug-likeness (QED) is 0.344. The number of ether oxygens (including phenoxy) is 1. The van der Waals surface area contributed by atoms with Crippen molar-refractivity contribution in [1.29, 1.82) is 0 Å². The van der Waals surface area contributed by atoms with E-state index in [9.17, 15) is 32.9 Å². The molecule has 27 heavy (non-hydrogen) atoms. The Morgan fingerprint density at radius 3 is 2.63 bits per heavy atom. The third-order valence-electron chi connectivity index (χ3n) is 3.10. The van der Waals surface area contributed by atoms with Gasteiger partial charge in [0.2, 0.25) is 0 Å². The number of benzene rings is 1. The number of nitro benzene ring substituents is 1. The molecule has 0 fully saturated rings. The number of anilines is 1. The molecule has 0 atom stereocenters. The van der Waals surface area contributed by atoms with Gasteiger partial charge in [-0.05, 0) is 40.6 Å². The minimum Gasteiger partial charge on any atom is -0.452 e. The van der Waals surface area contributed by atoms with Crippen LogP contribution in [0.25, 0.3) is 6.08 Å². The Labute approximate surface area is 154 Å². The molecule has 1 aromatic carbocycles. The standard InChI is InChI=1S/C16H11F3N2O5S/c17-16(18,19)11-2-3-12(13(7-11)21(24)25)20-14(22)8-26-15(23)4-1-10-5-6-27-9-10/h1-7,9H,8H2,(H,20,22)/b4-1+. The molecule has 1 amide bonds. The highest BCUT2D eigenvalue weighted by atomic mass is 32.1. The first kappa shape index (κ1) is 20.1. The van der Waals surface area contributed by atoms with Crippen LogP contribution < -0.4 is 5.32 Å². The van der Waals surface area contributed by atoms with Gasteiger partial charge in [-0.1, -0.05) is 0 Å². The summed E-state index contributed by atoms with van der Waals surface area (Å²) in [5.41, 5.74) is -1.83. The molecule has 1 N–H and O–H groups in total. The number of halogens is 3. The maximum absolute atomic E-state index is 12.6. The zero-order valence-electron chi connectivity index (χ0n) is 13.4. The fourth-order valence-electron chi connectivity index (χ4n) is 1.87. The Morgan fingerprint density at radius 1 is 1.30 bits per heavy atom. The van der Waals surface area contributed by atoms with Crippen LogP contribution in [0, 0.1) is 10.1 Å². The van der Waals surface area contributed by atoms with Crippen LogP contribution in [0.5, 0.6) is 0 Å². The van der Waals surface area contributed by atoms with Crippen molar-refractivity contribution in [3.63, 3.8) is 0 Å². The first-order valence-electron chi connectivity index (χ1n) is 7.19. The van der Waals surface area contributed by atoms with Crippen LogP contribution in [0.4, 0.5) is 24.5 Å². The number of carbonyl (C=O) groups is 2. The van der Waals surface area contributed by atoms with E-state index in [1.807, 2.05) is 5.32 Å². The lowest BCUT2D eigenvalue weighted by molar-refractivity contribution is -0.384. The summed E-state index contributed by atoms with van der Waals surface area (Å²) < 4.78 is 42.6. The molecule has 142 valence electrons. The Balaban J connectivity index is 1.98. The number of esters is 1. The molecule has 1 aromatic heterocycles. The highest BCUT2D eigenvalue weighted by molar-refractivity contribution is 7.08. The number of carbonyl (C=O) groups excluding carboxylic acids is 2. The van der Waals surface area contributed by atoms with Gasteiger partial charge in [-0.2, -0.15) is 24.5 Å². The second-order valence-corrected chi connectivity index (χ2v) is 5.81. The van der Waals surface area contributed by atoms with E-state index in [-0.39, 0.29) is 0 Å². The van der Waals surface area contributed by atoms with Gasteiger partial charge >= 0.3 is 12.1 Å². The molecule has 0 spiro atoms. The van der Waals surface area contributed by atoms with Crippen molar-refractivity contribution < 1.29 is 32.4 Å². The Bertz CT molecular complexity index is 879. The predicted octanol–water partition coefficient (Wildman–Crippen LogP) is 3.87. The number of hydrogen-bond donors (Lipinski definition) is 1. The zero-order chi connectivity index (χ0) is 20.0. The summed E-state index contributed by atoms with van der Waals surface area (Å²) in [4.78, 5) is 33.1. The molecule has 7 nitrogen and oxygen atoms in total. The second kappa shape index (κ2) is 8.45. The van der Waals surface area contributed by atoms with Gasteiger partial charge in [0.05, 0.1) is 10.5 Å². The first-order valence-corrected chi connectivity index (χ1v) is 8.13. The average Bonchev–Trinajstić information content (AvgIpc) is 3.10. The molecule has 0 bridgehead atoms. The Hall–Kier alpha value is -3.21. The summed E-state index contributed by atoms with van der Waals surface area (Å²) in [6, 6.07) is 3.42. The molecule has 1 heterocycles. The average molecular weight is 400 g/mol. The van der Waals surface area contributed by atoms with Gasteiger partial charge in [0.25, 0.3) is 11.6 Å². The molecule has 0 saturated heterocycles. The Kier molecular flexibility index (Phi) is 6.29. The van der Waals surface area contributed by atoms with Gasteiger partial charge in [0.15, 0.2) is 6.61 Å². The zero-order valence-corrected chi connectivity index (χ0v) is 14.2. The molecule has 0 saturated carbocycles.